The van der Waals surface area contributed by atoms with E-state index in [9.17, 15) is 9.59 Å². The number of thioether (sulfide) groups is 1. The molecule has 2 aliphatic carbocycles. The smallest absolute Gasteiger partial charge is 0.251 e. The lowest BCUT2D eigenvalue weighted by Crippen LogP contribution is -2.20. The molecule has 0 aliphatic heterocycles. The Hall–Kier alpha value is -2.65. The molecule has 7 nitrogen and oxygen atoms in total. The summed E-state index contributed by atoms with van der Waals surface area (Å²) in [6.45, 7) is 2.21. The fourth-order valence-electron chi connectivity index (χ4n) is 4.12. The Kier molecular flexibility index (Phi) is 5.77. The van der Waals surface area contributed by atoms with E-state index in [0.717, 1.165) is 54.1 Å². The van der Waals surface area contributed by atoms with E-state index in [4.69, 9.17) is 10.7 Å². The summed E-state index contributed by atoms with van der Waals surface area (Å²) >= 11 is 2.79. The Morgan fingerprint density at radius 3 is 2.75 bits per heavy atom. The number of rotatable bonds is 7. The minimum atomic E-state index is -0.475. The minimum absolute atomic E-state index is 0.167. The largest absolute Gasteiger partial charge is 0.365 e. The van der Waals surface area contributed by atoms with E-state index in [-0.39, 0.29) is 11.7 Å². The Morgan fingerprint density at radius 2 is 2.03 bits per heavy atom. The molecule has 2 amide bonds. The molecule has 1 unspecified atom stereocenters. The summed E-state index contributed by atoms with van der Waals surface area (Å²) in [6, 6.07) is 9.94. The van der Waals surface area contributed by atoms with Crippen LogP contribution < -0.4 is 11.1 Å². The molecule has 9 heteroatoms. The van der Waals surface area contributed by atoms with Gasteiger partial charge in [-0.15, -0.1) is 16.4 Å². The third-order valence-corrected chi connectivity index (χ3v) is 7.91. The SMILES string of the molecule is CC1CCc2c(sc(NC(=O)CSc3nc(C4CC4)n(-c4ccccc4)n3)c2C(N)=O)C1. The highest BCUT2D eigenvalue weighted by Gasteiger charge is 2.31. The van der Waals surface area contributed by atoms with E-state index in [1.807, 2.05) is 35.0 Å². The van der Waals surface area contributed by atoms with Gasteiger partial charge in [-0.3, -0.25) is 9.59 Å². The van der Waals surface area contributed by atoms with Gasteiger partial charge in [0, 0.05) is 10.8 Å². The molecule has 1 fully saturated rings. The Labute approximate surface area is 194 Å². The van der Waals surface area contributed by atoms with Crippen molar-refractivity contribution in [3.63, 3.8) is 0 Å². The molecule has 2 aliphatic rings. The van der Waals surface area contributed by atoms with Crippen molar-refractivity contribution in [2.45, 2.75) is 50.1 Å². The second kappa shape index (κ2) is 8.71. The predicted molar refractivity (Wildman–Crippen MR) is 127 cm³/mol. The summed E-state index contributed by atoms with van der Waals surface area (Å²) in [4.78, 5) is 30.7. The fourth-order valence-corrected chi connectivity index (χ4v) is 6.19. The number of fused-ring (bicyclic) bond motifs is 1. The fraction of sp³-hybridized carbons (Fsp3) is 0.391. The Balaban J connectivity index is 1.30. The highest BCUT2D eigenvalue weighted by molar-refractivity contribution is 7.99. The number of carbonyl (C=O) groups is 2. The molecular formula is C23H25N5O2S2. The number of carbonyl (C=O) groups excluding carboxylic acids is 2. The van der Waals surface area contributed by atoms with Crippen molar-refractivity contribution < 1.29 is 9.59 Å². The van der Waals surface area contributed by atoms with Gasteiger partial charge in [0.25, 0.3) is 5.91 Å². The second-order valence-corrected chi connectivity index (χ2v) is 10.6. The molecular weight excluding hydrogens is 442 g/mol. The van der Waals surface area contributed by atoms with Crippen LogP contribution in [0.3, 0.4) is 0 Å². The van der Waals surface area contributed by atoms with Crippen LogP contribution >= 0.6 is 23.1 Å². The molecule has 0 radical (unpaired) electrons. The van der Waals surface area contributed by atoms with Crippen LogP contribution in [-0.2, 0) is 17.6 Å². The number of primary amides is 1. The lowest BCUT2D eigenvalue weighted by atomic mass is 9.88. The van der Waals surface area contributed by atoms with Crippen molar-refractivity contribution in [1.82, 2.24) is 14.8 Å². The maximum Gasteiger partial charge on any atom is 0.251 e. The molecule has 166 valence electrons. The zero-order valence-corrected chi connectivity index (χ0v) is 19.5. The van der Waals surface area contributed by atoms with Gasteiger partial charge in [0.05, 0.1) is 17.0 Å². The maximum atomic E-state index is 12.7. The first kappa shape index (κ1) is 21.2. The molecule has 0 spiro atoms. The van der Waals surface area contributed by atoms with Gasteiger partial charge in [-0.2, -0.15) is 0 Å². The third-order valence-electron chi connectivity index (χ3n) is 5.90. The molecule has 0 saturated heterocycles. The standard InChI is InChI=1S/C23H25N5O2S2/c1-13-7-10-16-17(11-13)32-22(19(16)20(24)30)25-18(29)12-31-23-26-21(14-8-9-14)28(27-23)15-5-3-2-4-6-15/h2-6,13-14H,7-12H2,1H3,(H2,24,30)(H,25,29). The van der Waals surface area contributed by atoms with Gasteiger partial charge in [-0.05, 0) is 55.7 Å². The van der Waals surface area contributed by atoms with Crippen LogP contribution in [0.15, 0.2) is 35.5 Å². The van der Waals surface area contributed by atoms with Crippen molar-refractivity contribution in [3.8, 4) is 5.69 Å². The molecule has 1 saturated carbocycles. The van der Waals surface area contributed by atoms with E-state index in [1.165, 1.54) is 23.1 Å². The van der Waals surface area contributed by atoms with Crippen LogP contribution in [0.4, 0.5) is 5.00 Å². The molecule has 2 heterocycles. The molecule has 5 rings (SSSR count). The van der Waals surface area contributed by atoms with Gasteiger partial charge in [-0.1, -0.05) is 36.9 Å². The number of para-hydroxylation sites is 1. The van der Waals surface area contributed by atoms with Gasteiger partial charge in [0.15, 0.2) is 0 Å². The first-order chi connectivity index (χ1) is 15.5. The molecule has 3 aromatic rings. The summed E-state index contributed by atoms with van der Waals surface area (Å²) in [7, 11) is 0. The van der Waals surface area contributed by atoms with Crippen molar-refractivity contribution >= 4 is 39.9 Å². The Bertz CT molecular complexity index is 1170. The minimum Gasteiger partial charge on any atom is -0.365 e. The van der Waals surface area contributed by atoms with Gasteiger partial charge >= 0.3 is 0 Å². The summed E-state index contributed by atoms with van der Waals surface area (Å²) in [5, 5.41) is 8.72. The highest BCUT2D eigenvalue weighted by atomic mass is 32.2. The number of benzene rings is 1. The number of hydrogen-bond acceptors (Lipinski definition) is 6. The summed E-state index contributed by atoms with van der Waals surface area (Å²) in [6.07, 6.45) is 5.03. The average Bonchev–Trinajstić information content (AvgIpc) is 3.43. The first-order valence-corrected chi connectivity index (χ1v) is 12.7. The number of hydrogen-bond donors (Lipinski definition) is 2. The average molecular weight is 468 g/mol. The van der Waals surface area contributed by atoms with Crippen LogP contribution in [0.2, 0.25) is 0 Å². The van der Waals surface area contributed by atoms with Gasteiger partial charge in [-0.25, -0.2) is 9.67 Å². The monoisotopic (exact) mass is 467 g/mol. The zero-order chi connectivity index (χ0) is 22.2. The summed E-state index contributed by atoms with van der Waals surface area (Å²) in [5.41, 5.74) is 8.13. The second-order valence-electron chi connectivity index (χ2n) is 8.53. The number of aromatic nitrogens is 3. The van der Waals surface area contributed by atoms with Crippen molar-refractivity contribution in [2.24, 2.45) is 11.7 Å². The number of nitrogens with one attached hydrogen (secondary N) is 1. The highest BCUT2D eigenvalue weighted by Crippen LogP contribution is 2.41. The third kappa shape index (κ3) is 4.31. The first-order valence-electron chi connectivity index (χ1n) is 10.9. The van der Waals surface area contributed by atoms with Gasteiger partial charge in [0.2, 0.25) is 11.1 Å². The van der Waals surface area contributed by atoms with E-state index in [2.05, 4.69) is 17.3 Å². The van der Waals surface area contributed by atoms with Crippen molar-refractivity contribution in [3.05, 3.63) is 52.2 Å². The molecule has 1 atom stereocenters. The van der Waals surface area contributed by atoms with Crippen LogP contribution in [0.1, 0.15) is 58.7 Å². The van der Waals surface area contributed by atoms with Gasteiger partial charge < -0.3 is 11.1 Å². The Morgan fingerprint density at radius 1 is 1.25 bits per heavy atom. The van der Waals surface area contributed by atoms with Gasteiger partial charge in [0.1, 0.15) is 10.8 Å². The predicted octanol–water partition coefficient (Wildman–Crippen LogP) is 4.16. The van der Waals surface area contributed by atoms with Crippen LogP contribution in [0, 0.1) is 5.92 Å². The quantitative estimate of drug-likeness (QED) is 0.508. The van der Waals surface area contributed by atoms with E-state index in [1.54, 1.807) is 0 Å². The lowest BCUT2D eigenvalue weighted by molar-refractivity contribution is -0.113. The summed E-state index contributed by atoms with van der Waals surface area (Å²) < 4.78 is 1.89. The molecule has 0 bridgehead atoms. The van der Waals surface area contributed by atoms with E-state index in [0.29, 0.717) is 27.6 Å². The van der Waals surface area contributed by atoms with Crippen molar-refractivity contribution in [2.75, 3.05) is 11.1 Å². The topological polar surface area (TPSA) is 103 Å². The normalized spacial score (nSPS) is 17.7. The number of anilines is 1. The van der Waals surface area contributed by atoms with Crippen LogP contribution in [0.25, 0.3) is 5.69 Å². The zero-order valence-electron chi connectivity index (χ0n) is 17.8. The molecule has 2 aromatic heterocycles. The van der Waals surface area contributed by atoms with Crippen molar-refractivity contribution in [1.29, 1.82) is 0 Å². The molecule has 32 heavy (non-hydrogen) atoms. The number of nitrogens with two attached hydrogens (primary N) is 1. The van der Waals surface area contributed by atoms with Crippen LogP contribution in [0.5, 0.6) is 0 Å². The maximum absolute atomic E-state index is 12.7. The van der Waals surface area contributed by atoms with Crippen LogP contribution in [-0.4, -0.2) is 32.3 Å². The van der Waals surface area contributed by atoms with E-state index >= 15 is 0 Å². The molecule has 1 aromatic carbocycles. The molecule has 3 N–H and O–H groups in total. The lowest BCUT2D eigenvalue weighted by Gasteiger charge is -2.18. The summed E-state index contributed by atoms with van der Waals surface area (Å²) in [5.74, 6) is 1.47. The van der Waals surface area contributed by atoms with E-state index < -0.39 is 5.91 Å². The number of amides is 2. The number of thiophene rings is 1. The number of nitrogens with zero attached hydrogens (tertiary/aromatic N) is 3.